The highest BCUT2D eigenvalue weighted by Crippen LogP contribution is 2.40. The third-order valence-electron chi connectivity index (χ3n) is 4.86. The summed E-state index contributed by atoms with van der Waals surface area (Å²) in [5, 5.41) is 4.13. The van der Waals surface area contributed by atoms with Crippen molar-refractivity contribution in [1.29, 1.82) is 0 Å². The minimum atomic E-state index is -0.0915. The molecule has 1 aromatic carbocycles. The van der Waals surface area contributed by atoms with Crippen molar-refractivity contribution in [3.63, 3.8) is 0 Å². The second-order valence-corrected chi connectivity index (χ2v) is 6.56. The van der Waals surface area contributed by atoms with Crippen LogP contribution in [-0.4, -0.2) is 37.5 Å². The molecule has 3 heterocycles. The predicted molar refractivity (Wildman–Crippen MR) is 85.4 cm³/mol. The molecule has 5 rings (SSSR count). The minimum Gasteiger partial charge on any atom is -0.345 e. The highest BCUT2D eigenvalue weighted by atomic mass is 16.5. The fourth-order valence-electron chi connectivity index (χ4n) is 3.39. The van der Waals surface area contributed by atoms with Crippen molar-refractivity contribution in [3.8, 4) is 0 Å². The molecule has 1 amide bonds. The number of nitrogens with one attached hydrogen (secondary N) is 1. The van der Waals surface area contributed by atoms with Crippen LogP contribution in [0.2, 0.25) is 0 Å². The van der Waals surface area contributed by atoms with E-state index in [1.807, 2.05) is 23.1 Å². The van der Waals surface area contributed by atoms with Crippen molar-refractivity contribution in [2.24, 2.45) is 0 Å². The van der Waals surface area contributed by atoms with E-state index < -0.39 is 0 Å². The molecular weight excluding hydrogens is 306 g/mol. The Morgan fingerprint density at radius 1 is 1.29 bits per heavy atom. The molecule has 1 aliphatic carbocycles. The van der Waals surface area contributed by atoms with Crippen LogP contribution < -0.4 is 0 Å². The van der Waals surface area contributed by atoms with Gasteiger partial charge in [0.25, 0.3) is 5.91 Å². The number of H-pyrrole nitrogens is 1. The van der Waals surface area contributed by atoms with Crippen LogP contribution in [0.5, 0.6) is 0 Å². The molecule has 7 nitrogen and oxygen atoms in total. The minimum absolute atomic E-state index is 0.00627. The van der Waals surface area contributed by atoms with Crippen molar-refractivity contribution in [3.05, 3.63) is 41.8 Å². The summed E-state index contributed by atoms with van der Waals surface area (Å²) < 4.78 is 5.37. The van der Waals surface area contributed by atoms with Crippen LogP contribution in [0.15, 0.2) is 29.0 Å². The Kier molecular flexibility index (Phi) is 2.95. The van der Waals surface area contributed by atoms with E-state index >= 15 is 0 Å². The zero-order valence-electron chi connectivity index (χ0n) is 13.1. The summed E-state index contributed by atoms with van der Waals surface area (Å²) >= 11 is 0. The molecule has 24 heavy (non-hydrogen) atoms. The lowest BCUT2D eigenvalue weighted by molar-refractivity contribution is 0.0728. The maximum atomic E-state index is 13.0. The number of amides is 1. The van der Waals surface area contributed by atoms with E-state index in [4.69, 9.17) is 4.52 Å². The van der Waals surface area contributed by atoms with Gasteiger partial charge in [-0.3, -0.25) is 4.79 Å². The van der Waals surface area contributed by atoms with Gasteiger partial charge >= 0.3 is 0 Å². The highest BCUT2D eigenvalue weighted by Gasteiger charge is 2.36. The SMILES string of the molecule is O=C(c1ccc2nc[nH]c2c1)N1CCC[C@@H]1c1noc(C2CC2)n1. The second-order valence-electron chi connectivity index (χ2n) is 6.56. The standard InChI is InChI=1S/C17H17N5O2/c23-17(11-5-6-12-13(8-11)19-9-18-12)22-7-1-2-14(22)15-20-16(24-21-15)10-3-4-10/h5-6,8-10,14H,1-4,7H2,(H,18,19)/t14-/m1/s1. The number of nitrogens with zero attached hydrogens (tertiary/aromatic N) is 4. The molecule has 1 aliphatic heterocycles. The monoisotopic (exact) mass is 323 g/mol. The average molecular weight is 323 g/mol. The van der Waals surface area contributed by atoms with Crippen molar-refractivity contribution >= 4 is 16.9 Å². The van der Waals surface area contributed by atoms with E-state index in [-0.39, 0.29) is 11.9 Å². The van der Waals surface area contributed by atoms with E-state index in [0.29, 0.717) is 17.3 Å². The average Bonchev–Trinajstić information content (AvgIpc) is 3.06. The molecule has 122 valence electrons. The summed E-state index contributed by atoms with van der Waals surface area (Å²) in [7, 11) is 0. The summed E-state index contributed by atoms with van der Waals surface area (Å²) in [6.07, 6.45) is 5.71. The van der Waals surface area contributed by atoms with E-state index in [0.717, 1.165) is 49.2 Å². The predicted octanol–water partition coefficient (Wildman–Crippen LogP) is 2.80. The van der Waals surface area contributed by atoms with Crippen molar-refractivity contribution < 1.29 is 9.32 Å². The lowest BCUT2D eigenvalue weighted by atomic mass is 10.1. The van der Waals surface area contributed by atoms with Gasteiger partial charge < -0.3 is 14.4 Å². The van der Waals surface area contributed by atoms with Gasteiger partial charge in [-0.05, 0) is 43.9 Å². The van der Waals surface area contributed by atoms with Gasteiger partial charge in [0, 0.05) is 18.0 Å². The first-order chi connectivity index (χ1) is 11.8. The Labute approximate surface area is 138 Å². The van der Waals surface area contributed by atoms with Crippen molar-refractivity contribution in [1.82, 2.24) is 25.0 Å². The van der Waals surface area contributed by atoms with Gasteiger partial charge in [0.05, 0.1) is 23.4 Å². The first-order valence-corrected chi connectivity index (χ1v) is 8.37. The Morgan fingerprint density at radius 2 is 2.21 bits per heavy atom. The summed E-state index contributed by atoms with van der Waals surface area (Å²) in [5.41, 5.74) is 2.38. The normalized spacial score (nSPS) is 20.8. The summed E-state index contributed by atoms with van der Waals surface area (Å²) in [4.78, 5) is 26.6. The third-order valence-corrected chi connectivity index (χ3v) is 4.86. The molecule has 7 heteroatoms. The first-order valence-electron chi connectivity index (χ1n) is 8.37. The first kappa shape index (κ1) is 13.7. The number of hydrogen-bond donors (Lipinski definition) is 1. The molecule has 2 fully saturated rings. The zero-order chi connectivity index (χ0) is 16.1. The van der Waals surface area contributed by atoms with Crippen LogP contribution in [0.4, 0.5) is 0 Å². The quantitative estimate of drug-likeness (QED) is 0.800. The molecule has 3 aromatic rings. The second kappa shape index (κ2) is 5.15. The molecule has 0 radical (unpaired) electrons. The largest absolute Gasteiger partial charge is 0.345 e. The number of carbonyl (C=O) groups excluding carboxylic acids is 1. The zero-order valence-corrected chi connectivity index (χ0v) is 13.1. The number of likely N-dealkylation sites (tertiary alicyclic amines) is 1. The lowest BCUT2D eigenvalue weighted by Crippen LogP contribution is -2.31. The van der Waals surface area contributed by atoms with Crippen LogP contribution in [0, 0.1) is 0 Å². The Morgan fingerprint density at radius 3 is 3.08 bits per heavy atom. The molecule has 2 aliphatic rings. The number of benzene rings is 1. The molecule has 2 aromatic heterocycles. The maximum absolute atomic E-state index is 13.0. The molecule has 0 unspecified atom stereocenters. The van der Waals surface area contributed by atoms with E-state index in [9.17, 15) is 4.79 Å². The van der Waals surface area contributed by atoms with Gasteiger partial charge in [0.15, 0.2) is 5.82 Å². The van der Waals surface area contributed by atoms with Gasteiger partial charge in [0.2, 0.25) is 5.89 Å². The molecule has 0 bridgehead atoms. The highest BCUT2D eigenvalue weighted by molar-refractivity contribution is 5.97. The number of aromatic amines is 1. The van der Waals surface area contributed by atoms with Gasteiger partial charge in [0.1, 0.15) is 0 Å². The van der Waals surface area contributed by atoms with E-state index in [1.165, 1.54) is 0 Å². The number of carbonyl (C=O) groups is 1. The van der Waals surface area contributed by atoms with Crippen LogP contribution in [0.1, 0.15) is 59.7 Å². The molecule has 1 N–H and O–H groups in total. The maximum Gasteiger partial charge on any atom is 0.254 e. The third kappa shape index (κ3) is 2.19. The van der Waals surface area contributed by atoms with Crippen molar-refractivity contribution in [2.45, 2.75) is 37.6 Å². The Hall–Kier alpha value is -2.70. The van der Waals surface area contributed by atoms with Gasteiger partial charge in [-0.25, -0.2) is 4.98 Å². The van der Waals surface area contributed by atoms with Crippen LogP contribution >= 0.6 is 0 Å². The van der Waals surface area contributed by atoms with Crippen molar-refractivity contribution in [2.75, 3.05) is 6.54 Å². The van der Waals surface area contributed by atoms with Crippen LogP contribution in [0.3, 0.4) is 0 Å². The molecule has 1 saturated heterocycles. The molecular formula is C17H17N5O2. The summed E-state index contributed by atoms with van der Waals surface area (Å²) in [5.74, 6) is 1.81. The van der Waals surface area contributed by atoms with Crippen LogP contribution in [0.25, 0.3) is 11.0 Å². The fraction of sp³-hybridized carbons (Fsp3) is 0.412. The fourth-order valence-corrected chi connectivity index (χ4v) is 3.39. The lowest BCUT2D eigenvalue weighted by Gasteiger charge is -2.22. The van der Waals surface area contributed by atoms with Gasteiger partial charge in [-0.15, -0.1) is 0 Å². The van der Waals surface area contributed by atoms with Gasteiger partial charge in [-0.1, -0.05) is 5.16 Å². The molecule has 1 saturated carbocycles. The van der Waals surface area contributed by atoms with Crippen LogP contribution in [-0.2, 0) is 0 Å². The number of aromatic nitrogens is 4. The number of rotatable bonds is 3. The molecule has 0 spiro atoms. The van der Waals surface area contributed by atoms with E-state index in [2.05, 4.69) is 20.1 Å². The smallest absolute Gasteiger partial charge is 0.254 e. The number of imidazole rings is 1. The van der Waals surface area contributed by atoms with Gasteiger partial charge in [-0.2, -0.15) is 4.98 Å². The Balaban J connectivity index is 1.43. The summed E-state index contributed by atoms with van der Waals surface area (Å²) in [6, 6.07) is 5.45. The number of fused-ring (bicyclic) bond motifs is 1. The van der Waals surface area contributed by atoms with E-state index in [1.54, 1.807) is 6.33 Å². The number of hydrogen-bond acceptors (Lipinski definition) is 5. The molecule has 1 atom stereocenters. The Bertz CT molecular complexity index is 910. The summed E-state index contributed by atoms with van der Waals surface area (Å²) in [6.45, 7) is 0.720. The topological polar surface area (TPSA) is 87.9 Å².